The number of carbonyl (C=O) groups excluding carboxylic acids is 1. The summed E-state index contributed by atoms with van der Waals surface area (Å²) in [5.41, 5.74) is 0. The first-order valence-electron chi connectivity index (χ1n) is 7.42. The topological polar surface area (TPSA) is 54.5 Å². The van der Waals surface area contributed by atoms with Crippen molar-refractivity contribution in [3.05, 3.63) is 42.2 Å². The third kappa shape index (κ3) is 2.79. The molecule has 1 fully saturated rings. The maximum absolute atomic E-state index is 12.9. The van der Waals surface area contributed by atoms with Crippen molar-refractivity contribution in [3.63, 3.8) is 0 Å². The smallest absolute Gasteiger partial charge is 0.226 e. The van der Waals surface area contributed by atoms with Crippen LogP contribution in [0.25, 0.3) is 0 Å². The van der Waals surface area contributed by atoms with Gasteiger partial charge in [0.25, 0.3) is 0 Å². The SMILES string of the molecule is O=C(C1CC=CCC1)N1CC(S(=O)(=O)c2ccc(F)cc2)C1. The number of amides is 1. The van der Waals surface area contributed by atoms with Crippen LogP contribution in [0.5, 0.6) is 0 Å². The van der Waals surface area contributed by atoms with E-state index in [1.807, 2.05) is 6.08 Å². The zero-order chi connectivity index (χ0) is 15.7. The van der Waals surface area contributed by atoms with Crippen molar-refractivity contribution < 1.29 is 17.6 Å². The molecule has 118 valence electrons. The highest BCUT2D eigenvalue weighted by Crippen LogP contribution is 2.28. The van der Waals surface area contributed by atoms with E-state index in [9.17, 15) is 17.6 Å². The molecule has 3 rings (SSSR count). The molecular weight excluding hydrogens is 305 g/mol. The highest BCUT2D eigenvalue weighted by molar-refractivity contribution is 7.92. The number of likely N-dealkylation sites (tertiary alicyclic amines) is 1. The molecule has 2 aliphatic rings. The molecule has 1 aliphatic heterocycles. The molecule has 1 saturated heterocycles. The van der Waals surface area contributed by atoms with Crippen molar-refractivity contribution in [2.24, 2.45) is 5.92 Å². The highest BCUT2D eigenvalue weighted by Gasteiger charge is 2.41. The van der Waals surface area contributed by atoms with Crippen LogP contribution in [0, 0.1) is 11.7 Å². The fraction of sp³-hybridized carbons (Fsp3) is 0.438. The van der Waals surface area contributed by atoms with Crippen molar-refractivity contribution in [1.82, 2.24) is 4.90 Å². The van der Waals surface area contributed by atoms with Gasteiger partial charge in [-0.1, -0.05) is 12.2 Å². The second-order valence-corrected chi connectivity index (χ2v) is 8.07. The van der Waals surface area contributed by atoms with E-state index in [4.69, 9.17) is 0 Å². The lowest BCUT2D eigenvalue weighted by Gasteiger charge is -2.40. The summed E-state index contributed by atoms with van der Waals surface area (Å²) in [4.78, 5) is 14.0. The van der Waals surface area contributed by atoms with Crippen LogP contribution in [0.4, 0.5) is 4.39 Å². The fourth-order valence-corrected chi connectivity index (χ4v) is 4.56. The molecule has 0 N–H and O–H groups in total. The van der Waals surface area contributed by atoms with Crippen LogP contribution >= 0.6 is 0 Å². The first-order valence-corrected chi connectivity index (χ1v) is 8.96. The Morgan fingerprint density at radius 3 is 2.41 bits per heavy atom. The van der Waals surface area contributed by atoms with Crippen LogP contribution < -0.4 is 0 Å². The van der Waals surface area contributed by atoms with E-state index in [1.54, 1.807) is 4.90 Å². The lowest BCUT2D eigenvalue weighted by atomic mass is 9.92. The van der Waals surface area contributed by atoms with E-state index in [0.29, 0.717) is 0 Å². The Bertz CT molecular complexity index is 691. The van der Waals surface area contributed by atoms with Gasteiger partial charge in [-0.3, -0.25) is 4.79 Å². The number of hydrogen-bond acceptors (Lipinski definition) is 3. The molecule has 1 aliphatic carbocycles. The number of carbonyl (C=O) groups is 1. The lowest BCUT2D eigenvalue weighted by Crippen LogP contribution is -2.58. The molecule has 22 heavy (non-hydrogen) atoms. The van der Waals surface area contributed by atoms with Gasteiger partial charge in [0.15, 0.2) is 9.84 Å². The van der Waals surface area contributed by atoms with Crippen molar-refractivity contribution >= 4 is 15.7 Å². The predicted molar refractivity (Wildman–Crippen MR) is 80.4 cm³/mol. The van der Waals surface area contributed by atoms with Crippen molar-refractivity contribution in [1.29, 1.82) is 0 Å². The summed E-state index contributed by atoms with van der Waals surface area (Å²) in [5.74, 6) is -0.427. The summed E-state index contributed by atoms with van der Waals surface area (Å²) in [5, 5.41) is -0.582. The third-order valence-electron chi connectivity index (χ3n) is 4.36. The average Bonchev–Trinajstić information content (AvgIpc) is 2.46. The Labute approximate surface area is 129 Å². The molecule has 0 bridgehead atoms. The van der Waals surface area contributed by atoms with Crippen LogP contribution in [-0.2, 0) is 14.6 Å². The van der Waals surface area contributed by atoms with E-state index >= 15 is 0 Å². The standard InChI is InChI=1S/C16H18FNO3S/c17-13-6-8-14(9-7-13)22(20,21)15-10-18(11-15)16(19)12-4-2-1-3-5-12/h1-2,6-9,12,15H,3-5,10-11H2. The maximum Gasteiger partial charge on any atom is 0.226 e. The number of allylic oxidation sites excluding steroid dienone is 2. The van der Waals surface area contributed by atoms with Gasteiger partial charge in [0.1, 0.15) is 11.1 Å². The second-order valence-electron chi connectivity index (χ2n) is 5.85. The van der Waals surface area contributed by atoms with Gasteiger partial charge in [0.05, 0.1) is 4.90 Å². The Hall–Kier alpha value is -1.69. The molecule has 1 aromatic carbocycles. The molecule has 0 saturated carbocycles. The van der Waals surface area contributed by atoms with Gasteiger partial charge in [-0.25, -0.2) is 12.8 Å². The van der Waals surface area contributed by atoms with Gasteiger partial charge in [0, 0.05) is 19.0 Å². The van der Waals surface area contributed by atoms with E-state index in [-0.39, 0.29) is 29.8 Å². The van der Waals surface area contributed by atoms with Crippen molar-refractivity contribution in [2.75, 3.05) is 13.1 Å². The minimum Gasteiger partial charge on any atom is -0.340 e. The number of rotatable bonds is 3. The molecule has 0 spiro atoms. The molecule has 1 aromatic rings. The van der Waals surface area contributed by atoms with E-state index in [0.717, 1.165) is 31.4 Å². The molecule has 0 radical (unpaired) electrons. The first kappa shape index (κ1) is 15.2. The molecule has 1 heterocycles. The highest BCUT2D eigenvalue weighted by atomic mass is 32.2. The number of nitrogens with zero attached hydrogens (tertiary/aromatic N) is 1. The summed E-state index contributed by atoms with van der Waals surface area (Å²) in [6, 6.07) is 4.84. The van der Waals surface area contributed by atoms with Gasteiger partial charge in [-0.05, 0) is 43.5 Å². The van der Waals surface area contributed by atoms with Gasteiger partial charge in [-0.15, -0.1) is 0 Å². The maximum atomic E-state index is 12.9. The minimum atomic E-state index is -3.49. The van der Waals surface area contributed by atoms with Gasteiger partial charge >= 0.3 is 0 Å². The van der Waals surface area contributed by atoms with Gasteiger partial charge < -0.3 is 4.90 Å². The molecule has 1 atom stereocenters. The molecular formula is C16H18FNO3S. The Balaban J connectivity index is 1.63. The summed E-state index contributed by atoms with van der Waals surface area (Å²) in [6.07, 6.45) is 6.56. The molecule has 0 aromatic heterocycles. The normalized spacial score (nSPS) is 22.4. The zero-order valence-corrected chi connectivity index (χ0v) is 12.9. The van der Waals surface area contributed by atoms with E-state index in [1.165, 1.54) is 12.1 Å². The number of hydrogen-bond donors (Lipinski definition) is 0. The predicted octanol–water partition coefficient (Wildman–Crippen LogP) is 2.17. The third-order valence-corrected chi connectivity index (χ3v) is 6.46. The average molecular weight is 323 g/mol. The van der Waals surface area contributed by atoms with Gasteiger partial charge in [0.2, 0.25) is 5.91 Å². The van der Waals surface area contributed by atoms with Crippen LogP contribution in [-0.4, -0.2) is 37.6 Å². The Morgan fingerprint density at radius 1 is 1.14 bits per heavy atom. The summed E-state index contributed by atoms with van der Waals surface area (Å²) in [7, 11) is -3.49. The summed E-state index contributed by atoms with van der Waals surface area (Å²) in [6.45, 7) is 0.470. The van der Waals surface area contributed by atoms with Crippen LogP contribution in [0.2, 0.25) is 0 Å². The van der Waals surface area contributed by atoms with E-state index in [2.05, 4.69) is 6.08 Å². The van der Waals surface area contributed by atoms with Crippen LogP contribution in [0.15, 0.2) is 41.3 Å². The second kappa shape index (κ2) is 5.83. The van der Waals surface area contributed by atoms with Gasteiger partial charge in [-0.2, -0.15) is 0 Å². The molecule has 1 unspecified atom stereocenters. The summed E-state index contributed by atoms with van der Waals surface area (Å²) < 4.78 is 37.7. The summed E-state index contributed by atoms with van der Waals surface area (Å²) >= 11 is 0. The largest absolute Gasteiger partial charge is 0.340 e. The molecule has 4 nitrogen and oxygen atoms in total. The minimum absolute atomic E-state index is 0.0144. The van der Waals surface area contributed by atoms with Crippen molar-refractivity contribution in [3.8, 4) is 0 Å². The number of benzene rings is 1. The van der Waals surface area contributed by atoms with Crippen LogP contribution in [0.3, 0.4) is 0 Å². The van der Waals surface area contributed by atoms with Crippen LogP contribution in [0.1, 0.15) is 19.3 Å². The number of sulfone groups is 1. The zero-order valence-electron chi connectivity index (χ0n) is 12.1. The lowest BCUT2D eigenvalue weighted by molar-refractivity contribution is -0.139. The Morgan fingerprint density at radius 2 is 1.82 bits per heavy atom. The monoisotopic (exact) mass is 323 g/mol. The number of halogens is 1. The molecule has 6 heteroatoms. The first-order chi connectivity index (χ1) is 10.5. The fourth-order valence-electron chi connectivity index (χ4n) is 2.91. The molecule has 1 amide bonds. The van der Waals surface area contributed by atoms with Crippen molar-refractivity contribution in [2.45, 2.75) is 29.4 Å². The Kier molecular flexibility index (Phi) is 4.04. The van der Waals surface area contributed by atoms with E-state index < -0.39 is 20.9 Å². The quantitative estimate of drug-likeness (QED) is 0.633.